The Morgan fingerprint density at radius 2 is 1.77 bits per heavy atom. The molecular weight excluding hydrogens is 423 g/mol. The van der Waals surface area contributed by atoms with E-state index in [-0.39, 0.29) is 10.6 Å². The lowest BCUT2D eigenvalue weighted by Crippen LogP contribution is -2.36. The van der Waals surface area contributed by atoms with Crippen molar-refractivity contribution in [3.63, 3.8) is 0 Å². The molecule has 9 heteroatoms. The lowest BCUT2D eigenvalue weighted by Gasteiger charge is -2.27. The summed E-state index contributed by atoms with van der Waals surface area (Å²) in [5.74, 6) is -1.59. The Kier molecular flexibility index (Phi) is 6.76. The molecule has 0 aliphatic heterocycles. The van der Waals surface area contributed by atoms with E-state index in [4.69, 9.17) is 4.74 Å². The summed E-state index contributed by atoms with van der Waals surface area (Å²) in [4.78, 5) is 25.2. The van der Waals surface area contributed by atoms with E-state index in [2.05, 4.69) is 5.32 Å². The molecule has 2 aromatic carbocycles. The maximum atomic E-state index is 13.7. The molecule has 31 heavy (non-hydrogen) atoms. The zero-order chi connectivity index (χ0) is 22.6. The highest BCUT2D eigenvalue weighted by atomic mass is 32.2. The maximum Gasteiger partial charge on any atom is 0.317 e. The lowest BCUT2D eigenvalue weighted by atomic mass is 9.79. The topological polar surface area (TPSA) is 92.8 Å². The van der Waals surface area contributed by atoms with Gasteiger partial charge in [0, 0.05) is 19.8 Å². The molecule has 0 atom stereocenters. The van der Waals surface area contributed by atoms with Gasteiger partial charge in [-0.1, -0.05) is 31.0 Å². The average Bonchev–Trinajstić information content (AvgIpc) is 3.23. The standard InChI is InChI=1S/C22H25FN2O5S/c1-25(2)31(28,29)19-10-6-9-18(14-19)24-20(26)15-30-21(27)22(11-3-4-12-22)16-7-5-8-17(23)13-16/h5-10,13-14H,3-4,11-12,15H2,1-2H3,(H,24,26). The predicted octanol–water partition coefficient (Wildman–Crippen LogP) is 3.07. The van der Waals surface area contributed by atoms with Gasteiger partial charge in [-0.05, 0) is 48.7 Å². The number of hydrogen-bond acceptors (Lipinski definition) is 5. The number of amides is 1. The Morgan fingerprint density at radius 3 is 2.42 bits per heavy atom. The minimum absolute atomic E-state index is 0.0308. The quantitative estimate of drug-likeness (QED) is 0.657. The maximum absolute atomic E-state index is 13.7. The molecular formula is C22H25FN2O5S. The van der Waals surface area contributed by atoms with E-state index in [1.165, 1.54) is 44.4 Å². The molecule has 1 aliphatic carbocycles. The van der Waals surface area contributed by atoms with Gasteiger partial charge in [0.25, 0.3) is 5.91 Å². The monoisotopic (exact) mass is 448 g/mol. The van der Waals surface area contributed by atoms with Gasteiger partial charge in [0.2, 0.25) is 10.0 Å². The molecule has 0 spiro atoms. The second-order valence-corrected chi connectivity index (χ2v) is 9.89. The largest absolute Gasteiger partial charge is 0.455 e. The Labute approximate surface area is 181 Å². The Hall–Kier alpha value is -2.78. The number of carbonyl (C=O) groups excluding carboxylic acids is 2. The highest BCUT2D eigenvalue weighted by Gasteiger charge is 2.44. The predicted molar refractivity (Wildman–Crippen MR) is 113 cm³/mol. The van der Waals surface area contributed by atoms with Crippen LogP contribution in [0.3, 0.4) is 0 Å². The third-order valence-corrected chi connectivity index (χ3v) is 7.27. The number of nitrogens with zero attached hydrogens (tertiary/aromatic N) is 1. The van der Waals surface area contributed by atoms with Crippen LogP contribution in [0.25, 0.3) is 0 Å². The van der Waals surface area contributed by atoms with Gasteiger partial charge in [0.1, 0.15) is 5.82 Å². The molecule has 0 saturated heterocycles. The molecule has 2 aromatic rings. The first-order valence-electron chi connectivity index (χ1n) is 9.91. The number of esters is 1. The first-order chi connectivity index (χ1) is 14.6. The molecule has 1 N–H and O–H groups in total. The second kappa shape index (κ2) is 9.15. The van der Waals surface area contributed by atoms with Gasteiger partial charge in [-0.3, -0.25) is 9.59 Å². The number of anilines is 1. The summed E-state index contributed by atoms with van der Waals surface area (Å²) in [5.41, 5.74) is -0.135. The minimum Gasteiger partial charge on any atom is -0.455 e. The lowest BCUT2D eigenvalue weighted by molar-refractivity contribution is -0.153. The van der Waals surface area contributed by atoms with Crippen molar-refractivity contribution in [1.29, 1.82) is 0 Å². The number of nitrogens with one attached hydrogen (secondary N) is 1. The van der Waals surface area contributed by atoms with Crippen molar-refractivity contribution in [2.24, 2.45) is 0 Å². The summed E-state index contributed by atoms with van der Waals surface area (Å²) in [6, 6.07) is 11.7. The van der Waals surface area contributed by atoms with Gasteiger partial charge in [-0.25, -0.2) is 17.1 Å². The smallest absolute Gasteiger partial charge is 0.317 e. The van der Waals surface area contributed by atoms with Crippen molar-refractivity contribution >= 4 is 27.6 Å². The first kappa shape index (κ1) is 22.9. The minimum atomic E-state index is -3.65. The van der Waals surface area contributed by atoms with E-state index >= 15 is 0 Å². The Balaban J connectivity index is 1.67. The zero-order valence-electron chi connectivity index (χ0n) is 17.4. The van der Waals surface area contributed by atoms with Gasteiger partial charge in [0.05, 0.1) is 10.3 Å². The van der Waals surface area contributed by atoms with Gasteiger partial charge in [-0.2, -0.15) is 0 Å². The molecule has 1 amide bonds. The van der Waals surface area contributed by atoms with Crippen molar-refractivity contribution < 1.29 is 27.1 Å². The number of carbonyl (C=O) groups is 2. The van der Waals surface area contributed by atoms with Crippen LogP contribution in [0.1, 0.15) is 31.2 Å². The molecule has 1 aliphatic rings. The van der Waals surface area contributed by atoms with Crippen LogP contribution in [0.15, 0.2) is 53.4 Å². The van der Waals surface area contributed by atoms with Crippen LogP contribution in [-0.2, 0) is 29.8 Å². The highest BCUT2D eigenvalue weighted by molar-refractivity contribution is 7.89. The molecule has 166 valence electrons. The van der Waals surface area contributed by atoms with Crippen LogP contribution >= 0.6 is 0 Å². The van der Waals surface area contributed by atoms with Gasteiger partial charge in [-0.15, -0.1) is 0 Å². The summed E-state index contributed by atoms with van der Waals surface area (Å²) < 4.78 is 44.6. The van der Waals surface area contributed by atoms with E-state index in [1.54, 1.807) is 18.2 Å². The summed E-state index contributed by atoms with van der Waals surface area (Å²) in [7, 11) is -0.820. The number of halogens is 1. The third kappa shape index (κ3) is 4.94. The fraction of sp³-hybridized carbons (Fsp3) is 0.364. The van der Waals surface area contributed by atoms with Crippen molar-refractivity contribution in [3.05, 3.63) is 59.9 Å². The van der Waals surface area contributed by atoms with Crippen molar-refractivity contribution in [1.82, 2.24) is 4.31 Å². The molecule has 0 bridgehead atoms. The molecule has 3 rings (SSSR count). The Bertz CT molecular complexity index is 1080. The molecule has 0 unspecified atom stereocenters. The van der Waals surface area contributed by atoms with Gasteiger partial charge < -0.3 is 10.1 Å². The number of rotatable bonds is 7. The summed E-state index contributed by atoms with van der Waals surface area (Å²) in [6.07, 6.45) is 2.68. The van der Waals surface area contributed by atoms with Crippen LogP contribution in [0.5, 0.6) is 0 Å². The van der Waals surface area contributed by atoms with Gasteiger partial charge in [0.15, 0.2) is 6.61 Å². The van der Waals surface area contributed by atoms with E-state index in [9.17, 15) is 22.4 Å². The van der Waals surface area contributed by atoms with E-state index < -0.39 is 39.7 Å². The van der Waals surface area contributed by atoms with Crippen molar-refractivity contribution in [3.8, 4) is 0 Å². The van der Waals surface area contributed by atoms with Crippen molar-refractivity contribution in [2.45, 2.75) is 36.0 Å². The SMILES string of the molecule is CN(C)S(=O)(=O)c1cccc(NC(=O)COC(=O)C2(c3cccc(F)c3)CCCC2)c1. The molecule has 0 radical (unpaired) electrons. The van der Waals surface area contributed by atoms with Crippen LogP contribution in [-0.4, -0.2) is 45.3 Å². The third-order valence-electron chi connectivity index (χ3n) is 5.46. The number of ether oxygens (including phenoxy) is 1. The first-order valence-corrected chi connectivity index (χ1v) is 11.3. The highest BCUT2D eigenvalue weighted by Crippen LogP contribution is 2.42. The molecule has 0 heterocycles. The molecule has 7 nitrogen and oxygen atoms in total. The normalized spacial score (nSPS) is 15.6. The van der Waals surface area contributed by atoms with Crippen LogP contribution in [0.4, 0.5) is 10.1 Å². The molecule has 0 aromatic heterocycles. The Morgan fingerprint density at radius 1 is 1.10 bits per heavy atom. The van der Waals surface area contributed by atoms with Crippen LogP contribution in [0.2, 0.25) is 0 Å². The second-order valence-electron chi connectivity index (χ2n) is 7.74. The number of benzene rings is 2. The summed E-state index contributed by atoms with van der Waals surface area (Å²) >= 11 is 0. The van der Waals surface area contributed by atoms with Crippen LogP contribution < -0.4 is 5.32 Å². The van der Waals surface area contributed by atoms with E-state index in [1.807, 2.05) is 0 Å². The number of hydrogen-bond donors (Lipinski definition) is 1. The molecule has 1 saturated carbocycles. The summed E-state index contributed by atoms with van der Waals surface area (Å²) in [6.45, 7) is -0.527. The van der Waals surface area contributed by atoms with E-state index in [0.717, 1.165) is 17.1 Å². The number of sulfonamides is 1. The van der Waals surface area contributed by atoms with Gasteiger partial charge >= 0.3 is 5.97 Å². The molecule has 1 fully saturated rings. The van der Waals surface area contributed by atoms with E-state index in [0.29, 0.717) is 18.4 Å². The fourth-order valence-electron chi connectivity index (χ4n) is 3.79. The van der Waals surface area contributed by atoms with Crippen molar-refractivity contribution in [2.75, 3.05) is 26.0 Å². The zero-order valence-corrected chi connectivity index (χ0v) is 18.2. The fourth-order valence-corrected chi connectivity index (χ4v) is 4.73. The van der Waals surface area contributed by atoms with Crippen LogP contribution in [0, 0.1) is 5.82 Å². The average molecular weight is 449 g/mol. The summed E-state index contributed by atoms with van der Waals surface area (Å²) in [5, 5.41) is 2.54.